The summed E-state index contributed by atoms with van der Waals surface area (Å²) >= 11 is 5.97. The molecule has 2 aromatic heterocycles. The van der Waals surface area contributed by atoms with Gasteiger partial charge in [0.25, 0.3) is 0 Å². The molecule has 8 heteroatoms. The minimum atomic E-state index is -0.0818. The van der Waals surface area contributed by atoms with E-state index in [-0.39, 0.29) is 17.9 Å². The summed E-state index contributed by atoms with van der Waals surface area (Å²) in [5.41, 5.74) is 2.90. The molecule has 0 radical (unpaired) electrons. The molecule has 0 bridgehead atoms. The average molecular weight is 438 g/mol. The summed E-state index contributed by atoms with van der Waals surface area (Å²) in [6.45, 7) is 0. The van der Waals surface area contributed by atoms with Crippen molar-refractivity contribution < 1.29 is 9.59 Å². The van der Waals surface area contributed by atoms with Gasteiger partial charge in [0.1, 0.15) is 0 Å². The number of rotatable bonds is 8. The van der Waals surface area contributed by atoms with Gasteiger partial charge in [0.2, 0.25) is 11.8 Å². The van der Waals surface area contributed by atoms with Crippen LogP contribution < -0.4 is 10.6 Å². The normalized spacial score (nSPS) is 17.6. The Labute approximate surface area is 185 Å². The van der Waals surface area contributed by atoms with Crippen LogP contribution >= 0.6 is 11.6 Å². The molecular weight excluding hydrogens is 414 g/mol. The molecule has 1 fully saturated rings. The number of aromatic nitrogens is 3. The van der Waals surface area contributed by atoms with Crippen molar-refractivity contribution in [1.82, 2.24) is 20.5 Å². The predicted molar refractivity (Wildman–Crippen MR) is 119 cm³/mol. The Morgan fingerprint density at radius 1 is 1.10 bits per heavy atom. The standard InChI is InChI=1S/C23H24ClN5O2/c24-18-5-1-3-16(9-18)10-23(31)26-19-11-17(12-19)20-13-21(29-28-20)27-22(30)7-6-15-4-2-8-25-14-15/h1-5,8-9,13-14,17,19H,6-7,10-12H2,(H,26,31)(H2,27,28,29,30). The number of carbonyl (C=O) groups is 2. The Balaban J connectivity index is 1.19. The third kappa shape index (κ3) is 5.92. The van der Waals surface area contributed by atoms with Gasteiger partial charge in [-0.1, -0.05) is 29.8 Å². The maximum absolute atomic E-state index is 12.2. The number of aromatic amines is 1. The molecule has 2 heterocycles. The van der Waals surface area contributed by atoms with Crippen LogP contribution in [0.25, 0.3) is 0 Å². The number of pyridine rings is 1. The van der Waals surface area contributed by atoms with Gasteiger partial charge in [-0.15, -0.1) is 0 Å². The number of anilines is 1. The smallest absolute Gasteiger partial charge is 0.225 e. The molecule has 0 saturated heterocycles. The van der Waals surface area contributed by atoms with Crippen molar-refractivity contribution in [2.45, 2.75) is 44.1 Å². The molecule has 160 valence electrons. The molecule has 3 aromatic rings. The fourth-order valence-electron chi connectivity index (χ4n) is 3.72. The molecule has 4 rings (SSSR count). The van der Waals surface area contributed by atoms with E-state index in [0.717, 1.165) is 29.7 Å². The van der Waals surface area contributed by atoms with Crippen molar-refractivity contribution in [3.63, 3.8) is 0 Å². The predicted octanol–water partition coefficient (Wildman–Crippen LogP) is 3.63. The lowest BCUT2D eigenvalue weighted by Crippen LogP contribution is -2.44. The molecular formula is C23H24ClN5O2. The lowest BCUT2D eigenvalue weighted by atomic mass is 9.78. The molecule has 7 nitrogen and oxygen atoms in total. The number of carbonyl (C=O) groups excluding carboxylic acids is 2. The molecule has 1 aromatic carbocycles. The summed E-state index contributed by atoms with van der Waals surface area (Å²) in [5.74, 6) is 0.739. The van der Waals surface area contributed by atoms with Crippen LogP contribution in [0.5, 0.6) is 0 Å². The summed E-state index contributed by atoms with van der Waals surface area (Å²) in [6, 6.07) is 13.2. The Morgan fingerprint density at radius 3 is 2.71 bits per heavy atom. The first-order valence-corrected chi connectivity index (χ1v) is 10.7. The summed E-state index contributed by atoms with van der Waals surface area (Å²) in [6.07, 6.45) is 6.50. The van der Waals surface area contributed by atoms with Crippen LogP contribution in [0.3, 0.4) is 0 Å². The molecule has 1 aliphatic carbocycles. The van der Waals surface area contributed by atoms with Crippen molar-refractivity contribution in [3.05, 3.63) is 76.7 Å². The molecule has 0 atom stereocenters. The number of amides is 2. The lowest BCUT2D eigenvalue weighted by Gasteiger charge is -2.35. The fourth-order valence-corrected chi connectivity index (χ4v) is 3.93. The van der Waals surface area contributed by atoms with E-state index in [4.69, 9.17) is 11.6 Å². The van der Waals surface area contributed by atoms with Gasteiger partial charge in [-0.2, -0.15) is 5.10 Å². The molecule has 3 N–H and O–H groups in total. The quantitative estimate of drug-likeness (QED) is 0.501. The first-order chi connectivity index (χ1) is 15.0. The van der Waals surface area contributed by atoms with Crippen molar-refractivity contribution in [3.8, 4) is 0 Å². The Bertz CT molecular complexity index is 1050. The van der Waals surface area contributed by atoms with E-state index in [2.05, 4.69) is 25.8 Å². The topological polar surface area (TPSA) is 99.8 Å². The molecule has 2 amide bonds. The molecule has 0 aliphatic heterocycles. The Morgan fingerprint density at radius 2 is 1.94 bits per heavy atom. The maximum Gasteiger partial charge on any atom is 0.225 e. The van der Waals surface area contributed by atoms with Crippen LogP contribution in [0.1, 0.15) is 42.0 Å². The highest BCUT2D eigenvalue weighted by atomic mass is 35.5. The van der Waals surface area contributed by atoms with Gasteiger partial charge in [0, 0.05) is 47.6 Å². The van der Waals surface area contributed by atoms with E-state index < -0.39 is 0 Å². The number of hydrogen-bond donors (Lipinski definition) is 3. The third-order valence-corrected chi connectivity index (χ3v) is 5.66. The Hall–Kier alpha value is -3.19. The fraction of sp³-hybridized carbons (Fsp3) is 0.304. The highest BCUT2D eigenvalue weighted by Crippen LogP contribution is 2.36. The van der Waals surface area contributed by atoms with Crippen LogP contribution in [0.4, 0.5) is 5.82 Å². The second kappa shape index (κ2) is 9.75. The zero-order chi connectivity index (χ0) is 21.6. The number of nitrogens with zero attached hydrogens (tertiary/aromatic N) is 2. The largest absolute Gasteiger partial charge is 0.353 e. The summed E-state index contributed by atoms with van der Waals surface area (Å²) < 4.78 is 0. The summed E-state index contributed by atoms with van der Waals surface area (Å²) in [4.78, 5) is 28.4. The molecule has 31 heavy (non-hydrogen) atoms. The van der Waals surface area contributed by atoms with Crippen LogP contribution in [-0.2, 0) is 22.4 Å². The van der Waals surface area contributed by atoms with E-state index in [1.165, 1.54) is 0 Å². The first-order valence-electron chi connectivity index (χ1n) is 10.3. The van der Waals surface area contributed by atoms with Crippen molar-refractivity contribution in [1.29, 1.82) is 0 Å². The van der Waals surface area contributed by atoms with E-state index in [1.807, 2.05) is 36.4 Å². The van der Waals surface area contributed by atoms with E-state index >= 15 is 0 Å². The summed E-state index contributed by atoms with van der Waals surface area (Å²) in [7, 11) is 0. The second-order valence-electron chi connectivity index (χ2n) is 7.86. The van der Waals surface area contributed by atoms with Crippen LogP contribution in [0.2, 0.25) is 5.02 Å². The number of hydrogen-bond acceptors (Lipinski definition) is 4. The van der Waals surface area contributed by atoms with Gasteiger partial charge in [0.05, 0.1) is 6.42 Å². The van der Waals surface area contributed by atoms with E-state index in [9.17, 15) is 9.59 Å². The zero-order valence-electron chi connectivity index (χ0n) is 17.0. The van der Waals surface area contributed by atoms with Crippen LogP contribution in [-0.4, -0.2) is 33.0 Å². The number of halogens is 1. The van der Waals surface area contributed by atoms with Crippen LogP contribution in [0.15, 0.2) is 54.9 Å². The zero-order valence-corrected chi connectivity index (χ0v) is 17.7. The lowest BCUT2D eigenvalue weighted by molar-refractivity contribution is -0.121. The van der Waals surface area contributed by atoms with Crippen molar-refractivity contribution in [2.75, 3.05) is 5.32 Å². The number of H-pyrrole nitrogens is 1. The third-order valence-electron chi connectivity index (χ3n) is 5.43. The summed E-state index contributed by atoms with van der Waals surface area (Å²) in [5, 5.41) is 13.7. The number of benzene rings is 1. The van der Waals surface area contributed by atoms with Gasteiger partial charge in [0.15, 0.2) is 5.82 Å². The van der Waals surface area contributed by atoms with Crippen molar-refractivity contribution in [2.24, 2.45) is 0 Å². The molecule has 0 unspecified atom stereocenters. The minimum absolute atomic E-state index is 0.00287. The molecule has 1 aliphatic rings. The molecule has 0 spiro atoms. The highest BCUT2D eigenvalue weighted by molar-refractivity contribution is 6.30. The van der Waals surface area contributed by atoms with Gasteiger partial charge < -0.3 is 10.6 Å². The van der Waals surface area contributed by atoms with Gasteiger partial charge in [-0.05, 0) is 48.6 Å². The van der Waals surface area contributed by atoms with Gasteiger partial charge in [-0.3, -0.25) is 19.7 Å². The monoisotopic (exact) mass is 437 g/mol. The average Bonchev–Trinajstić information content (AvgIpc) is 3.17. The van der Waals surface area contributed by atoms with Crippen molar-refractivity contribution >= 4 is 29.2 Å². The SMILES string of the molecule is O=C(CCc1cccnc1)Nc1cc(C2CC(NC(=O)Cc3cccc(Cl)c3)C2)[nH]n1. The highest BCUT2D eigenvalue weighted by Gasteiger charge is 2.32. The molecule has 1 saturated carbocycles. The van der Waals surface area contributed by atoms with Crippen LogP contribution in [0, 0.1) is 0 Å². The van der Waals surface area contributed by atoms with E-state index in [0.29, 0.717) is 36.0 Å². The number of nitrogens with one attached hydrogen (secondary N) is 3. The van der Waals surface area contributed by atoms with Gasteiger partial charge in [-0.25, -0.2) is 0 Å². The minimum Gasteiger partial charge on any atom is -0.353 e. The maximum atomic E-state index is 12.2. The first kappa shape index (κ1) is 21.1. The van der Waals surface area contributed by atoms with E-state index in [1.54, 1.807) is 18.5 Å². The second-order valence-corrected chi connectivity index (χ2v) is 8.29. The Kier molecular flexibility index (Phi) is 6.62. The van der Waals surface area contributed by atoms with Gasteiger partial charge >= 0.3 is 0 Å². The number of aryl methyl sites for hydroxylation is 1.